The van der Waals surface area contributed by atoms with E-state index in [1.165, 1.54) is 0 Å². The maximum absolute atomic E-state index is 6.26. The molecule has 1 heterocycles. The summed E-state index contributed by atoms with van der Waals surface area (Å²) < 4.78 is 18.7. The second-order valence-corrected chi connectivity index (χ2v) is 7.66. The minimum Gasteiger partial charge on any atom is -0.456 e. The molecule has 0 aliphatic carbocycles. The van der Waals surface area contributed by atoms with Gasteiger partial charge >= 0.3 is 0 Å². The van der Waals surface area contributed by atoms with Crippen LogP contribution in [0.25, 0.3) is 21.9 Å². The lowest BCUT2D eigenvalue weighted by Gasteiger charge is -2.12. The first-order valence-corrected chi connectivity index (χ1v) is 10.2. The fourth-order valence-corrected chi connectivity index (χ4v) is 3.84. The highest BCUT2D eigenvalue weighted by atomic mass is 79.9. The Morgan fingerprint density at radius 3 is 2.21 bits per heavy atom. The van der Waals surface area contributed by atoms with Gasteiger partial charge in [0.1, 0.15) is 33.1 Å². The Hall–Kier alpha value is -2.95. The molecule has 0 aliphatic rings. The van der Waals surface area contributed by atoms with Crippen LogP contribution in [0.4, 0.5) is 0 Å². The number of fused-ring (bicyclic) bond motifs is 3. The number of furan rings is 1. The third-order valence-electron chi connectivity index (χ3n) is 4.55. The molecule has 0 amide bonds. The Morgan fingerprint density at radius 2 is 1.41 bits per heavy atom. The molecule has 0 aliphatic heterocycles. The zero-order valence-corrected chi connectivity index (χ0v) is 17.4. The van der Waals surface area contributed by atoms with Crippen LogP contribution in [-0.4, -0.2) is 0 Å². The summed E-state index contributed by atoms with van der Waals surface area (Å²) in [7, 11) is 0. The van der Waals surface area contributed by atoms with Gasteiger partial charge in [0.05, 0.1) is 5.02 Å². The van der Waals surface area contributed by atoms with E-state index in [2.05, 4.69) is 15.9 Å². The van der Waals surface area contributed by atoms with E-state index < -0.39 is 0 Å². The van der Waals surface area contributed by atoms with Crippen molar-refractivity contribution in [1.29, 1.82) is 0 Å². The molecule has 3 nitrogen and oxygen atoms in total. The van der Waals surface area contributed by atoms with Gasteiger partial charge in [0, 0.05) is 10.8 Å². The van der Waals surface area contributed by atoms with Gasteiger partial charge in [-0.15, -0.1) is 0 Å². The van der Waals surface area contributed by atoms with Crippen LogP contribution < -0.4 is 9.47 Å². The Balaban J connectivity index is 1.50. The predicted octanol–water partition coefficient (Wildman–Crippen LogP) is 8.59. The molecule has 4 aromatic carbocycles. The van der Waals surface area contributed by atoms with E-state index in [1.807, 2.05) is 84.9 Å². The molecular formula is C24H14BrClO3. The normalized spacial score (nSPS) is 11.1. The number of benzene rings is 4. The van der Waals surface area contributed by atoms with Crippen molar-refractivity contribution in [2.24, 2.45) is 0 Å². The molecule has 0 radical (unpaired) electrons. The molecule has 5 heteroatoms. The van der Waals surface area contributed by atoms with Crippen LogP contribution in [0.1, 0.15) is 0 Å². The number of halogens is 2. The summed E-state index contributed by atoms with van der Waals surface area (Å²) in [6, 6.07) is 26.7. The van der Waals surface area contributed by atoms with Gasteiger partial charge < -0.3 is 13.9 Å². The second kappa shape index (κ2) is 7.47. The number of rotatable bonds is 4. The first kappa shape index (κ1) is 18.1. The molecule has 0 N–H and O–H groups in total. The Kier molecular flexibility index (Phi) is 4.66. The SMILES string of the molecule is Clc1cccc2c1oc1ccc(Oc3cccc(Oc4ccccc4)c3Br)cc12. The largest absolute Gasteiger partial charge is 0.456 e. The summed E-state index contributed by atoms with van der Waals surface area (Å²) in [6.45, 7) is 0. The minimum atomic E-state index is 0.592. The van der Waals surface area contributed by atoms with Crippen LogP contribution in [0.5, 0.6) is 23.0 Å². The molecule has 29 heavy (non-hydrogen) atoms. The first-order valence-electron chi connectivity index (χ1n) is 8.99. The van der Waals surface area contributed by atoms with Gasteiger partial charge in [-0.05, 0) is 64.5 Å². The molecule has 142 valence electrons. The summed E-state index contributed by atoms with van der Waals surface area (Å²) in [5, 5.41) is 2.50. The highest BCUT2D eigenvalue weighted by Gasteiger charge is 2.13. The summed E-state index contributed by atoms with van der Waals surface area (Å²) in [5.74, 6) is 2.78. The van der Waals surface area contributed by atoms with Crippen molar-refractivity contribution >= 4 is 49.5 Å². The Morgan fingerprint density at radius 1 is 0.690 bits per heavy atom. The smallest absolute Gasteiger partial charge is 0.153 e. The van der Waals surface area contributed by atoms with Crippen molar-refractivity contribution in [2.45, 2.75) is 0 Å². The van der Waals surface area contributed by atoms with Gasteiger partial charge in [0.2, 0.25) is 0 Å². The zero-order chi connectivity index (χ0) is 19.8. The molecule has 0 bridgehead atoms. The fourth-order valence-electron chi connectivity index (χ4n) is 3.20. The molecule has 0 atom stereocenters. The monoisotopic (exact) mass is 464 g/mol. The quantitative estimate of drug-likeness (QED) is 0.266. The van der Waals surface area contributed by atoms with E-state index in [4.69, 9.17) is 25.5 Å². The van der Waals surface area contributed by atoms with Crippen molar-refractivity contribution in [3.8, 4) is 23.0 Å². The maximum Gasteiger partial charge on any atom is 0.153 e. The van der Waals surface area contributed by atoms with Gasteiger partial charge in [-0.3, -0.25) is 0 Å². The fraction of sp³-hybridized carbons (Fsp3) is 0. The van der Waals surface area contributed by atoms with Crippen LogP contribution in [-0.2, 0) is 0 Å². The van der Waals surface area contributed by atoms with Crippen molar-refractivity contribution in [1.82, 2.24) is 0 Å². The molecule has 0 fully saturated rings. The van der Waals surface area contributed by atoms with Crippen molar-refractivity contribution in [2.75, 3.05) is 0 Å². The highest BCUT2D eigenvalue weighted by Crippen LogP contribution is 2.40. The van der Waals surface area contributed by atoms with Crippen molar-refractivity contribution in [3.05, 3.63) is 94.4 Å². The van der Waals surface area contributed by atoms with Crippen LogP contribution in [0, 0.1) is 0 Å². The number of hydrogen-bond acceptors (Lipinski definition) is 3. The summed E-state index contributed by atoms with van der Waals surface area (Å²) in [5.41, 5.74) is 1.45. The summed E-state index contributed by atoms with van der Waals surface area (Å²) >= 11 is 9.86. The van der Waals surface area contributed by atoms with Crippen molar-refractivity contribution in [3.63, 3.8) is 0 Å². The Labute approximate surface area is 180 Å². The van der Waals surface area contributed by atoms with Gasteiger partial charge in [-0.25, -0.2) is 0 Å². The van der Waals surface area contributed by atoms with Gasteiger partial charge in [0.15, 0.2) is 5.58 Å². The van der Waals surface area contributed by atoms with Gasteiger partial charge in [0.25, 0.3) is 0 Å². The number of para-hydroxylation sites is 2. The molecule has 0 spiro atoms. The minimum absolute atomic E-state index is 0.592. The average molecular weight is 466 g/mol. The molecule has 5 aromatic rings. The van der Waals surface area contributed by atoms with Gasteiger partial charge in [-0.2, -0.15) is 0 Å². The lowest BCUT2D eigenvalue weighted by Crippen LogP contribution is -1.89. The van der Waals surface area contributed by atoms with Crippen LogP contribution in [0.2, 0.25) is 5.02 Å². The van der Waals surface area contributed by atoms with Crippen LogP contribution in [0.3, 0.4) is 0 Å². The van der Waals surface area contributed by atoms with E-state index in [0.717, 1.165) is 26.6 Å². The summed E-state index contributed by atoms with van der Waals surface area (Å²) in [4.78, 5) is 0. The molecule has 5 rings (SSSR count). The molecule has 0 saturated carbocycles. The lowest BCUT2D eigenvalue weighted by atomic mass is 10.1. The van der Waals surface area contributed by atoms with Crippen LogP contribution in [0.15, 0.2) is 93.8 Å². The Bertz CT molecular complexity index is 1330. The van der Waals surface area contributed by atoms with Crippen LogP contribution >= 0.6 is 27.5 Å². The third kappa shape index (κ3) is 3.46. The topological polar surface area (TPSA) is 31.6 Å². The van der Waals surface area contributed by atoms with E-state index in [-0.39, 0.29) is 0 Å². The number of ether oxygens (including phenoxy) is 2. The van der Waals surface area contributed by atoms with E-state index >= 15 is 0 Å². The van der Waals surface area contributed by atoms with E-state index in [0.29, 0.717) is 27.9 Å². The third-order valence-corrected chi connectivity index (χ3v) is 5.63. The van der Waals surface area contributed by atoms with Crippen molar-refractivity contribution < 1.29 is 13.9 Å². The molecular weight excluding hydrogens is 452 g/mol. The highest BCUT2D eigenvalue weighted by molar-refractivity contribution is 9.10. The molecule has 0 saturated heterocycles. The predicted molar refractivity (Wildman–Crippen MR) is 119 cm³/mol. The van der Waals surface area contributed by atoms with Gasteiger partial charge in [-0.1, -0.05) is 48.0 Å². The molecule has 0 unspecified atom stereocenters. The van der Waals surface area contributed by atoms with E-state index in [1.54, 1.807) is 0 Å². The zero-order valence-electron chi connectivity index (χ0n) is 15.1. The first-order chi connectivity index (χ1) is 14.2. The molecule has 1 aromatic heterocycles. The average Bonchev–Trinajstić information content (AvgIpc) is 3.11. The lowest BCUT2D eigenvalue weighted by molar-refractivity contribution is 0.455. The number of hydrogen-bond donors (Lipinski definition) is 0. The van der Waals surface area contributed by atoms with E-state index in [9.17, 15) is 0 Å². The maximum atomic E-state index is 6.26. The standard InChI is InChI=1S/C24H14BrClO3/c25-23-21(27-15-6-2-1-3-7-15)10-5-11-22(23)28-16-12-13-20-18(14-16)17-8-4-9-19(26)24(17)29-20/h1-14H. The second-order valence-electron chi connectivity index (χ2n) is 6.46. The summed E-state index contributed by atoms with van der Waals surface area (Å²) in [6.07, 6.45) is 0.